The number of benzene rings is 1. The number of aromatic nitrogens is 2. The molecule has 0 saturated carbocycles. The number of hydrogen-bond acceptors (Lipinski definition) is 3. The Morgan fingerprint density at radius 2 is 1.94 bits per heavy atom. The Bertz CT molecular complexity index is 590. The van der Waals surface area contributed by atoms with Crippen molar-refractivity contribution in [2.45, 2.75) is 5.75 Å². The molecule has 1 aromatic heterocycles. The average molecular weight is 251 g/mol. The van der Waals surface area contributed by atoms with E-state index in [4.69, 9.17) is 0 Å². The van der Waals surface area contributed by atoms with Crippen molar-refractivity contribution in [3.05, 3.63) is 48.2 Å². The molecule has 0 radical (unpaired) electrons. The van der Waals surface area contributed by atoms with Crippen LogP contribution in [-0.2, 0) is 22.8 Å². The normalized spacial score (nSPS) is 11.4. The summed E-state index contributed by atoms with van der Waals surface area (Å²) in [5.41, 5.74) is 0.746. The Morgan fingerprint density at radius 1 is 1.24 bits per heavy atom. The second-order valence-corrected chi connectivity index (χ2v) is 5.44. The quantitative estimate of drug-likeness (QED) is 0.892. The van der Waals surface area contributed by atoms with Crippen molar-refractivity contribution in [2.75, 3.05) is 4.72 Å². The Labute approximate surface area is 100 Å². The molecule has 6 heteroatoms. The third kappa shape index (κ3) is 3.32. The molecule has 0 spiro atoms. The van der Waals surface area contributed by atoms with Crippen molar-refractivity contribution in [2.24, 2.45) is 7.05 Å². The van der Waals surface area contributed by atoms with Gasteiger partial charge >= 0.3 is 0 Å². The first kappa shape index (κ1) is 11.7. The van der Waals surface area contributed by atoms with Gasteiger partial charge < -0.3 is 0 Å². The van der Waals surface area contributed by atoms with Gasteiger partial charge in [0.25, 0.3) is 0 Å². The van der Waals surface area contributed by atoms with Crippen molar-refractivity contribution in [3.63, 3.8) is 0 Å². The molecule has 90 valence electrons. The highest BCUT2D eigenvalue weighted by molar-refractivity contribution is 7.91. The number of rotatable bonds is 4. The number of anilines is 1. The molecule has 1 N–H and O–H groups in total. The number of hydrogen-bond donors (Lipinski definition) is 1. The van der Waals surface area contributed by atoms with E-state index in [0.717, 1.165) is 5.56 Å². The van der Waals surface area contributed by atoms with Gasteiger partial charge in [0.15, 0.2) is 5.82 Å². The third-order valence-electron chi connectivity index (χ3n) is 2.17. The molecule has 1 heterocycles. The maximum Gasteiger partial charge on any atom is 0.238 e. The topological polar surface area (TPSA) is 64.0 Å². The van der Waals surface area contributed by atoms with Crippen LogP contribution in [0.2, 0.25) is 0 Å². The van der Waals surface area contributed by atoms with Crippen LogP contribution in [-0.4, -0.2) is 18.2 Å². The van der Waals surface area contributed by atoms with Crippen LogP contribution in [0, 0.1) is 0 Å². The van der Waals surface area contributed by atoms with Crippen molar-refractivity contribution >= 4 is 15.8 Å². The fourth-order valence-corrected chi connectivity index (χ4v) is 2.59. The minimum atomic E-state index is -3.40. The van der Waals surface area contributed by atoms with Gasteiger partial charge in [0, 0.05) is 19.3 Å². The smallest absolute Gasteiger partial charge is 0.238 e. The molecule has 2 rings (SSSR count). The summed E-state index contributed by atoms with van der Waals surface area (Å²) in [5.74, 6) is 0.285. The van der Waals surface area contributed by atoms with Crippen molar-refractivity contribution in [1.29, 1.82) is 0 Å². The predicted octanol–water partition coefficient (Wildman–Crippen LogP) is 1.36. The second-order valence-electron chi connectivity index (χ2n) is 3.72. The standard InChI is InChI=1S/C11H13N3O2S/c1-14-8-7-11(12-14)13-17(15,16)9-10-5-3-2-4-6-10/h2-8H,9H2,1H3,(H,12,13). The van der Waals surface area contributed by atoms with Gasteiger partial charge in [-0.1, -0.05) is 30.3 Å². The van der Waals surface area contributed by atoms with Crippen molar-refractivity contribution in [1.82, 2.24) is 9.78 Å². The van der Waals surface area contributed by atoms with Crippen molar-refractivity contribution < 1.29 is 8.42 Å². The van der Waals surface area contributed by atoms with E-state index in [1.165, 1.54) is 0 Å². The Balaban J connectivity index is 2.10. The summed E-state index contributed by atoms with van der Waals surface area (Å²) in [7, 11) is -1.67. The summed E-state index contributed by atoms with van der Waals surface area (Å²) in [5, 5.41) is 3.96. The minimum absolute atomic E-state index is 0.0512. The molecule has 0 aliphatic carbocycles. The SMILES string of the molecule is Cn1ccc(NS(=O)(=O)Cc2ccccc2)n1. The first-order valence-corrected chi connectivity index (χ1v) is 6.74. The monoisotopic (exact) mass is 251 g/mol. The molecular weight excluding hydrogens is 238 g/mol. The second kappa shape index (κ2) is 4.58. The van der Waals surface area contributed by atoms with Crippen LogP contribution >= 0.6 is 0 Å². The lowest BCUT2D eigenvalue weighted by atomic mass is 10.2. The molecule has 0 atom stereocenters. The molecule has 5 nitrogen and oxygen atoms in total. The van der Waals surface area contributed by atoms with Gasteiger partial charge in [-0.25, -0.2) is 8.42 Å². The molecule has 0 amide bonds. The highest BCUT2D eigenvalue weighted by Crippen LogP contribution is 2.09. The molecule has 2 aromatic rings. The van der Waals surface area contributed by atoms with Crippen LogP contribution in [0.1, 0.15) is 5.56 Å². The zero-order valence-corrected chi connectivity index (χ0v) is 10.2. The van der Waals surface area contributed by atoms with Crippen LogP contribution < -0.4 is 4.72 Å². The van der Waals surface area contributed by atoms with Crippen molar-refractivity contribution in [3.8, 4) is 0 Å². The molecule has 0 saturated heterocycles. The minimum Gasteiger partial charge on any atom is -0.274 e. The van der Waals surface area contributed by atoms with E-state index in [1.807, 2.05) is 18.2 Å². The number of aryl methyl sites for hydroxylation is 1. The first-order chi connectivity index (χ1) is 8.05. The summed E-state index contributed by atoms with van der Waals surface area (Å²) in [6.07, 6.45) is 1.68. The summed E-state index contributed by atoms with van der Waals surface area (Å²) in [4.78, 5) is 0. The zero-order valence-electron chi connectivity index (χ0n) is 9.37. The van der Waals surface area contributed by atoms with E-state index in [2.05, 4.69) is 9.82 Å². The third-order valence-corrected chi connectivity index (χ3v) is 3.41. The highest BCUT2D eigenvalue weighted by Gasteiger charge is 2.12. The molecule has 0 fully saturated rings. The van der Waals surface area contributed by atoms with Crippen LogP contribution in [0.4, 0.5) is 5.82 Å². The van der Waals surface area contributed by atoms with E-state index >= 15 is 0 Å². The van der Waals surface area contributed by atoms with Gasteiger partial charge in [0.05, 0.1) is 5.75 Å². The van der Waals surface area contributed by atoms with Crippen LogP contribution in [0.3, 0.4) is 0 Å². The van der Waals surface area contributed by atoms with Gasteiger partial charge in [-0.2, -0.15) is 5.10 Å². The summed E-state index contributed by atoms with van der Waals surface area (Å²) in [6.45, 7) is 0. The summed E-state index contributed by atoms with van der Waals surface area (Å²) < 4.78 is 27.6. The number of sulfonamides is 1. The van der Waals surface area contributed by atoms with Gasteiger partial charge in [-0.05, 0) is 5.56 Å². The Hall–Kier alpha value is -1.82. The van der Waals surface area contributed by atoms with Gasteiger partial charge in [-0.15, -0.1) is 0 Å². The molecular formula is C11H13N3O2S. The van der Waals surface area contributed by atoms with E-state index < -0.39 is 10.0 Å². The van der Waals surface area contributed by atoms with Crippen LogP contribution in [0.25, 0.3) is 0 Å². The molecule has 17 heavy (non-hydrogen) atoms. The zero-order chi connectivity index (χ0) is 12.3. The highest BCUT2D eigenvalue weighted by atomic mass is 32.2. The van der Waals surface area contributed by atoms with Gasteiger partial charge in [0.2, 0.25) is 10.0 Å². The lowest BCUT2D eigenvalue weighted by molar-refractivity contribution is 0.600. The van der Waals surface area contributed by atoms with E-state index in [-0.39, 0.29) is 5.75 Å². The maximum absolute atomic E-state index is 11.8. The number of nitrogens with zero attached hydrogens (tertiary/aromatic N) is 2. The predicted molar refractivity (Wildman–Crippen MR) is 65.9 cm³/mol. The van der Waals surface area contributed by atoms with E-state index in [1.54, 1.807) is 36.1 Å². The molecule has 0 unspecified atom stereocenters. The van der Waals surface area contributed by atoms with Crippen LogP contribution in [0.15, 0.2) is 42.6 Å². The fourth-order valence-electron chi connectivity index (χ4n) is 1.46. The lowest BCUT2D eigenvalue weighted by Crippen LogP contribution is -2.15. The van der Waals surface area contributed by atoms with Crippen LogP contribution in [0.5, 0.6) is 0 Å². The average Bonchev–Trinajstić information content (AvgIpc) is 2.63. The number of nitrogens with one attached hydrogen (secondary N) is 1. The first-order valence-electron chi connectivity index (χ1n) is 5.09. The lowest BCUT2D eigenvalue weighted by Gasteiger charge is -2.05. The Kier molecular flexibility index (Phi) is 3.14. The largest absolute Gasteiger partial charge is 0.274 e. The summed E-state index contributed by atoms with van der Waals surface area (Å²) >= 11 is 0. The van der Waals surface area contributed by atoms with Gasteiger partial charge in [0.1, 0.15) is 0 Å². The molecule has 0 aliphatic rings. The van der Waals surface area contributed by atoms with E-state index in [0.29, 0.717) is 5.82 Å². The summed E-state index contributed by atoms with van der Waals surface area (Å²) in [6, 6.07) is 10.6. The van der Waals surface area contributed by atoms with Gasteiger partial charge in [-0.3, -0.25) is 9.40 Å². The molecule has 1 aromatic carbocycles. The van der Waals surface area contributed by atoms with E-state index in [9.17, 15) is 8.42 Å². The fraction of sp³-hybridized carbons (Fsp3) is 0.182. The maximum atomic E-state index is 11.8. The molecule has 0 bridgehead atoms. The molecule has 0 aliphatic heterocycles. The Morgan fingerprint density at radius 3 is 2.53 bits per heavy atom.